The first-order valence-corrected chi connectivity index (χ1v) is 6.07. The minimum absolute atomic E-state index is 0.553. The van der Waals surface area contributed by atoms with E-state index in [-0.39, 0.29) is 0 Å². The summed E-state index contributed by atoms with van der Waals surface area (Å²) in [4.78, 5) is 6.45. The molecule has 0 bridgehead atoms. The Hall–Kier alpha value is -1.29. The maximum atomic E-state index is 9.78. The van der Waals surface area contributed by atoms with Crippen molar-refractivity contribution in [2.24, 2.45) is 0 Å². The number of hydrogen-bond donors (Lipinski definition) is 2. The SMILES string of the molecule is CCCNc1cccc(N(C)CC(C)(C)O)n1. The van der Waals surface area contributed by atoms with Gasteiger partial charge in [-0.2, -0.15) is 0 Å². The fraction of sp³-hybridized carbons (Fsp3) is 0.615. The summed E-state index contributed by atoms with van der Waals surface area (Å²) in [7, 11) is 1.93. The molecule has 0 unspecified atom stereocenters. The molecule has 0 aliphatic heterocycles. The van der Waals surface area contributed by atoms with E-state index < -0.39 is 5.60 Å². The molecule has 0 spiro atoms. The van der Waals surface area contributed by atoms with Crippen molar-refractivity contribution in [2.75, 3.05) is 30.4 Å². The molecule has 1 heterocycles. The van der Waals surface area contributed by atoms with E-state index in [0.717, 1.165) is 24.6 Å². The lowest BCUT2D eigenvalue weighted by Crippen LogP contribution is -2.36. The molecule has 1 aromatic heterocycles. The second-order valence-corrected chi connectivity index (χ2v) is 4.98. The number of aromatic nitrogens is 1. The summed E-state index contributed by atoms with van der Waals surface area (Å²) in [6.07, 6.45) is 1.07. The Bertz CT molecular complexity index is 347. The summed E-state index contributed by atoms with van der Waals surface area (Å²) >= 11 is 0. The predicted octanol–water partition coefficient (Wildman–Crippen LogP) is 2.11. The van der Waals surface area contributed by atoms with Gasteiger partial charge < -0.3 is 15.3 Å². The van der Waals surface area contributed by atoms with Gasteiger partial charge >= 0.3 is 0 Å². The van der Waals surface area contributed by atoms with E-state index in [9.17, 15) is 5.11 Å². The topological polar surface area (TPSA) is 48.4 Å². The highest BCUT2D eigenvalue weighted by atomic mass is 16.3. The van der Waals surface area contributed by atoms with Crippen LogP contribution in [-0.2, 0) is 0 Å². The molecular formula is C13H23N3O. The van der Waals surface area contributed by atoms with E-state index in [2.05, 4.69) is 17.2 Å². The third kappa shape index (κ3) is 5.04. The summed E-state index contributed by atoms with van der Waals surface area (Å²) < 4.78 is 0. The summed E-state index contributed by atoms with van der Waals surface area (Å²) in [6.45, 7) is 7.19. The summed E-state index contributed by atoms with van der Waals surface area (Å²) in [5, 5.41) is 13.0. The number of nitrogens with zero attached hydrogens (tertiary/aromatic N) is 2. The molecule has 0 atom stereocenters. The molecule has 2 N–H and O–H groups in total. The fourth-order valence-electron chi connectivity index (χ4n) is 1.65. The third-order valence-corrected chi connectivity index (χ3v) is 2.31. The van der Waals surface area contributed by atoms with Crippen LogP contribution in [0.5, 0.6) is 0 Å². The summed E-state index contributed by atoms with van der Waals surface area (Å²) in [5.74, 6) is 1.75. The first-order valence-electron chi connectivity index (χ1n) is 6.07. The molecule has 0 amide bonds. The highest BCUT2D eigenvalue weighted by molar-refractivity contribution is 5.46. The van der Waals surface area contributed by atoms with Crippen LogP contribution in [0.4, 0.5) is 11.6 Å². The van der Waals surface area contributed by atoms with Crippen molar-refractivity contribution in [2.45, 2.75) is 32.8 Å². The monoisotopic (exact) mass is 237 g/mol. The number of pyridine rings is 1. The highest BCUT2D eigenvalue weighted by Gasteiger charge is 2.16. The largest absolute Gasteiger partial charge is 0.389 e. The van der Waals surface area contributed by atoms with Crippen LogP contribution in [0.2, 0.25) is 0 Å². The van der Waals surface area contributed by atoms with Crippen LogP contribution in [0.25, 0.3) is 0 Å². The molecule has 0 aromatic carbocycles. The van der Waals surface area contributed by atoms with E-state index in [4.69, 9.17) is 0 Å². The second kappa shape index (κ2) is 5.87. The van der Waals surface area contributed by atoms with Crippen molar-refractivity contribution in [3.8, 4) is 0 Å². The van der Waals surface area contributed by atoms with Gasteiger partial charge in [-0.3, -0.25) is 0 Å². The molecule has 0 saturated heterocycles. The zero-order valence-electron chi connectivity index (χ0n) is 11.2. The maximum Gasteiger partial charge on any atom is 0.130 e. The molecule has 1 rings (SSSR count). The van der Waals surface area contributed by atoms with Crippen molar-refractivity contribution in [1.29, 1.82) is 0 Å². The lowest BCUT2D eigenvalue weighted by Gasteiger charge is -2.26. The van der Waals surface area contributed by atoms with Crippen LogP contribution < -0.4 is 10.2 Å². The van der Waals surface area contributed by atoms with Crippen molar-refractivity contribution < 1.29 is 5.11 Å². The zero-order chi connectivity index (χ0) is 12.9. The number of likely N-dealkylation sites (N-methyl/N-ethyl adjacent to an activating group) is 1. The van der Waals surface area contributed by atoms with Crippen LogP contribution in [0.3, 0.4) is 0 Å². The number of aliphatic hydroxyl groups is 1. The Kier molecular flexibility index (Phi) is 4.75. The quantitative estimate of drug-likeness (QED) is 0.795. The van der Waals surface area contributed by atoms with Gasteiger partial charge in [0.25, 0.3) is 0 Å². The van der Waals surface area contributed by atoms with E-state index in [1.807, 2.05) is 30.1 Å². The maximum absolute atomic E-state index is 9.78. The number of nitrogens with one attached hydrogen (secondary N) is 1. The number of rotatable bonds is 6. The molecule has 0 aliphatic carbocycles. The molecule has 0 radical (unpaired) electrons. The predicted molar refractivity (Wildman–Crippen MR) is 72.6 cm³/mol. The number of anilines is 2. The summed E-state index contributed by atoms with van der Waals surface area (Å²) in [5.41, 5.74) is -0.719. The molecule has 4 nitrogen and oxygen atoms in total. The van der Waals surface area contributed by atoms with Gasteiger partial charge in [-0.25, -0.2) is 4.98 Å². The number of hydrogen-bond acceptors (Lipinski definition) is 4. The molecule has 0 fully saturated rings. The van der Waals surface area contributed by atoms with Gasteiger partial charge in [0.2, 0.25) is 0 Å². The highest BCUT2D eigenvalue weighted by Crippen LogP contribution is 2.15. The minimum Gasteiger partial charge on any atom is -0.389 e. The second-order valence-electron chi connectivity index (χ2n) is 4.98. The van der Waals surface area contributed by atoms with Gasteiger partial charge in [0.05, 0.1) is 5.60 Å². The Labute approximate surface area is 104 Å². The van der Waals surface area contributed by atoms with Gasteiger partial charge in [0, 0.05) is 20.1 Å². The van der Waals surface area contributed by atoms with Gasteiger partial charge in [-0.1, -0.05) is 13.0 Å². The average molecular weight is 237 g/mol. The van der Waals surface area contributed by atoms with Crippen LogP contribution in [-0.4, -0.2) is 35.8 Å². The minimum atomic E-state index is -0.719. The first-order chi connectivity index (χ1) is 7.92. The average Bonchev–Trinajstić information content (AvgIpc) is 2.24. The van der Waals surface area contributed by atoms with Gasteiger partial charge in [0.1, 0.15) is 11.6 Å². The van der Waals surface area contributed by atoms with Crippen molar-refractivity contribution in [1.82, 2.24) is 4.98 Å². The van der Waals surface area contributed by atoms with Gasteiger partial charge in [-0.05, 0) is 32.4 Å². The Morgan fingerprint density at radius 3 is 2.71 bits per heavy atom. The Balaban J connectivity index is 2.70. The smallest absolute Gasteiger partial charge is 0.130 e. The van der Waals surface area contributed by atoms with E-state index >= 15 is 0 Å². The molecule has 17 heavy (non-hydrogen) atoms. The molecule has 0 aliphatic rings. The third-order valence-electron chi connectivity index (χ3n) is 2.31. The van der Waals surface area contributed by atoms with Crippen LogP contribution in [0, 0.1) is 0 Å². The molecule has 0 saturated carbocycles. The van der Waals surface area contributed by atoms with E-state index in [1.165, 1.54) is 0 Å². The van der Waals surface area contributed by atoms with E-state index in [0.29, 0.717) is 6.54 Å². The van der Waals surface area contributed by atoms with Crippen LogP contribution in [0.1, 0.15) is 27.2 Å². The van der Waals surface area contributed by atoms with Crippen LogP contribution >= 0.6 is 0 Å². The molecule has 1 aromatic rings. The lowest BCUT2D eigenvalue weighted by atomic mass is 10.1. The van der Waals surface area contributed by atoms with E-state index in [1.54, 1.807) is 13.8 Å². The fourth-order valence-corrected chi connectivity index (χ4v) is 1.65. The molecular weight excluding hydrogens is 214 g/mol. The normalized spacial score (nSPS) is 11.4. The lowest BCUT2D eigenvalue weighted by molar-refractivity contribution is 0.0884. The molecule has 96 valence electrons. The van der Waals surface area contributed by atoms with Gasteiger partial charge in [0.15, 0.2) is 0 Å². The van der Waals surface area contributed by atoms with Crippen molar-refractivity contribution in [3.63, 3.8) is 0 Å². The Morgan fingerprint density at radius 2 is 2.12 bits per heavy atom. The van der Waals surface area contributed by atoms with Gasteiger partial charge in [-0.15, -0.1) is 0 Å². The molecule has 4 heteroatoms. The van der Waals surface area contributed by atoms with Crippen molar-refractivity contribution in [3.05, 3.63) is 18.2 Å². The Morgan fingerprint density at radius 1 is 1.41 bits per heavy atom. The zero-order valence-corrected chi connectivity index (χ0v) is 11.2. The summed E-state index contributed by atoms with van der Waals surface area (Å²) in [6, 6.07) is 5.88. The first kappa shape index (κ1) is 13.8. The van der Waals surface area contributed by atoms with Crippen molar-refractivity contribution >= 4 is 11.6 Å². The standard InChI is InChI=1S/C13H23N3O/c1-5-9-14-11-7-6-8-12(15-11)16(4)10-13(2,3)17/h6-8,17H,5,9-10H2,1-4H3,(H,14,15). The van der Waals surface area contributed by atoms with Crippen LogP contribution in [0.15, 0.2) is 18.2 Å².